The minimum Gasteiger partial charge on any atom is -0.390 e. The summed E-state index contributed by atoms with van der Waals surface area (Å²) >= 11 is 0. The largest absolute Gasteiger partial charge is 0.416 e. The van der Waals surface area contributed by atoms with Gasteiger partial charge in [0.25, 0.3) is 5.92 Å². The zero-order valence-electron chi connectivity index (χ0n) is 9.22. The molecule has 0 fully saturated rings. The fourth-order valence-corrected chi connectivity index (χ4v) is 1.28. The third-order valence-corrected chi connectivity index (χ3v) is 2.32. The van der Waals surface area contributed by atoms with E-state index in [1.54, 1.807) is 0 Å². The second-order valence-electron chi connectivity index (χ2n) is 3.63. The standard InChI is InChI=1S/C10H9F6NO.ClH/c11-7-2-1-5(10(14,15)16)3-6(7)8(17)9(12,13)4-18;/h1-3,8,18H,4,17H2;1H/t8-;/m1./s1. The molecule has 0 bridgehead atoms. The Labute approximate surface area is 110 Å². The van der Waals surface area contributed by atoms with Gasteiger partial charge in [0, 0.05) is 5.56 Å². The van der Waals surface area contributed by atoms with Gasteiger partial charge in [0.2, 0.25) is 0 Å². The summed E-state index contributed by atoms with van der Waals surface area (Å²) in [5.74, 6) is -5.20. The van der Waals surface area contributed by atoms with Crippen molar-refractivity contribution in [3.63, 3.8) is 0 Å². The smallest absolute Gasteiger partial charge is 0.390 e. The molecule has 0 aromatic heterocycles. The van der Waals surface area contributed by atoms with E-state index in [2.05, 4.69) is 0 Å². The van der Waals surface area contributed by atoms with Gasteiger partial charge in [0.05, 0.1) is 11.6 Å². The van der Waals surface area contributed by atoms with E-state index in [9.17, 15) is 26.3 Å². The van der Waals surface area contributed by atoms with Gasteiger partial charge in [-0.25, -0.2) is 13.2 Å². The van der Waals surface area contributed by atoms with Crippen molar-refractivity contribution in [2.45, 2.75) is 18.1 Å². The number of nitrogens with two attached hydrogens (primary N) is 1. The lowest BCUT2D eigenvalue weighted by Crippen LogP contribution is -2.37. The van der Waals surface area contributed by atoms with E-state index in [4.69, 9.17) is 10.8 Å². The number of alkyl halides is 5. The average molecular weight is 310 g/mol. The number of halogens is 7. The molecule has 0 aliphatic heterocycles. The fourth-order valence-electron chi connectivity index (χ4n) is 1.28. The SMILES string of the molecule is Cl.N[C@H](c1cc(C(F)(F)F)ccc1F)C(F)(F)CO. The number of aliphatic hydroxyl groups is 1. The highest BCUT2D eigenvalue weighted by atomic mass is 35.5. The topological polar surface area (TPSA) is 46.2 Å². The number of hydrogen-bond donors (Lipinski definition) is 2. The fraction of sp³-hybridized carbons (Fsp3) is 0.400. The number of aliphatic hydroxyl groups excluding tert-OH is 1. The molecule has 1 rings (SSSR count). The number of hydrogen-bond acceptors (Lipinski definition) is 2. The van der Waals surface area contributed by atoms with Crippen molar-refractivity contribution in [2.75, 3.05) is 6.61 Å². The molecule has 0 aliphatic rings. The molecule has 0 spiro atoms. The highest BCUT2D eigenvalue weighted by Gasteiger charge is 2.40. The van der Waals surface area contributed by atoms with E-state index >= 15 is 0 Å². The minimum atomic E-state index is -4.79. The van der Waals surface area contributed by atoms with E-state index in [-0.39, 0.29) is 18.5 Å². The molecule has 1 aromatic carbocycles. The Balaban J connectivity index is 0.00000324. The normalized spacial score (nSPS) is 13.9. The molecular formula is C10H10ClF6NO. The maximum atomic E-state index is 13.2. The van der Waals surface area contributed by atoms with Crippen LogP contribution in [0.3, 0.4) is 0 Å². The van der Waals surface area contributed by atoms with Gasteiger partial charge in [-0.1, -0.05) is 0 Å². The molecule has 9 heteroatoms. The molecule has 2 nitrogen and oxygen atoms in total. The summed E-state index contributed by atoms with van der Waals surface area (Å²) in [6.45, 7) is -1.69. The maximum Gasteiger partial charge on any atom is 0.416 e. The summed E-state index contributed by atoms with van der Waals surface area (Å²) in [5, 5.41) is 8.37. The Hall–Kier alpha value is -0.990. The summed E-state index contributed by atoms with van der Waals surface area (Å²) in [6, 6.07) is -1.32. The molecule has 0 unspecified atom stereocenters. The lowest BCUT2D eigenvalue weighted by molar-refractivity contribution is -0.137. The van der Waals surface area contributed by atoms with Gasteiger partial charge >= 0.3 is 6.18 Å². The van der Waals surface area contributed by atoms with Gasteiger partial charge in [-0.05, 0) is 18.2 Å². The summed E-state index contributed by atoms with van der Waals surface area (Å²) < 4.78 is 76.3. The van der Waals surface area contributed by atoms with Gasteiger partial charge < -0.3 is 10.8 Å². The molecule has 1 atom stereocenters. The Morgan fingerprint density at radius 3 is 2.11 bits per heavy atom. The second-order valence-corrected chi connectivity index (χ2v) is 3.63. The number of rotatable bonds is 3. The van der Waals surface area contributed by atoms with Crippen molar-refractivity contribution in [3.05, 3.63) is 35.1 Å². The Kier molecular flexibility index (Phi) is 5.66. The zero-order valence-corrected chi connectivity index (χ0v) is 10.0. The van der Waals surface area contributed by atoms with Crippen molar-refractivity contribution in [3.8, 4) is 0 Å². The third kappa shape index (κ3) is 3.99. The van der Waals surface area contributed by atoms with Crippen molar-refractivity contribution in [2.24, 2.45) is 5.73 Å². The second kappa shape index (κ2) is 5.98. The van der Waals surface area contributed by atoms with Crippen LogP contribution in [0, 0.1) is 5.82 Å². The van der Waals surface area contributed by atoms with E-state index in [0.717, 1.165) is 0 Å². The van der Waals surface area contributed by atoms with Crippen molar-refractivity contribution in [1.29, 1.82) is 0 Å². The molecule has 3 N–H and O–H groups in total. The molecule has 0 saturated carbocycles. The van der Waals surface area contributed by atoms with Gasteiger partial charge in [-0.3, -0.25) is 0 Å². The van der Waals surface area contributed by atoms with Crippen LogP contribution in [0.25, 0.3) is 0 Å². The third-order valence-electron chi connectivity index (χ3n) is 2.32. The lowest BCUT2D eigenvalue weighted by Gasteiger charge is -2.22. The summed E-state index contributed by atoms with van der Waals surface area (Å²) in [6.07, 6.45) is -4.79. The van der Waals surface area contributed by atoms with Gasteiger partial charge in [0.1, 0.15) is 12.4 Å². The first-order valence-electron chi connectivity index (χ1n) is 4.70. The zero-order chi connectivity index (χ0) is 14.1. The Bertz CT molecular complexity index is 437. The molecule has 0 aliphatic carbocycles. The van der Waals surface area contributed by atoms with Crippen molar-refractivity contribution >= 4 is 12.4 Å². The highest BCUT2D eigenvalue weighted by molar-refractivity contribution is 5.85. The lowest BCUT2D eigenvalue weighted by atomic mass is 9.99. The minimum absolute atomic E-state index is 0. The molecule has 19 heavy (non-hydrogen) atoms. The van der Waals surface area contributed by atoms with E-state index < -0.39 is 41.7 Å². The van der Waals surface area contributed by atoms with Gasteiger partial charge in [0.15, 0.2) is 0 Å². The summed E-state index contributed by atoms with van der Waals surface area (Å²) in [7, 11) is 0. The van der Waals surface area contributed by atoms with Crippen LogP contribution in [-0.4, -0.2) is 17.6 Å². The molecule has 0 radical (unpaired) electrons. The predicted molar refractivity (Wildman–Crippen MR) is 57.6 cm³/mol. The van der Waals surface area contributed by atoms with Crippen LogP contribution in [0.4, 0.5) is 26.3 Å². The molecular weight excluding hydrogens is 300 g/mol. The quantitative estimate of drug-likeness (QED) is 0.843. The van der Waals surface area contributed by atoms with Gasteiger partial charge in [-0.15, -0.1) is 12.4 Å². The molecule has 110 valence electrons. The highest BCUT2D eigenvalue weighted by Crippen LogP contribution is 2.35. The van der Waals surface area contributed by atoms with E-state index in [1.165, 1.54) is 0 Å². The van der Waals surface area contributed by atoms with Crippen LogP contribution in [0.5, 0.6) is 0 Å². The average Bonchev–Trinajstić information content (AvgIpc) is 2.27. The van der Waals surface area contributed by atoms with E-state index in [0.29, 0.717) is 12.1 Å². The Morgan fingerprint density at radius 1 is 1.16 bits per heavy atom. The first-order valence-corrected chi connectivity index (χ1v) is 4.70. The first kappa shape index (κ1) is 18.0. The monoisotopic (exact) mass is 309 g/mol. The maximum absolute atomic E-state index is 13.2. The molecule has 1 aromatic rings. The van der Waals surface area contributed by atoms with Gasteiger partial charge in [-0.2, -0.15) is 13.2 Å². The van der Waals surface area contributed by atoms with Crippen LogP contribution in [0.1, 0.15) is 17.2 Å². The molecule has 0 heterocycles. The molecule has 0 saturated heterocycles. The Morgan fingerprint density at radius 2 is 1.68 bits per heavy atom. The van der Waals surface area contributed by atoms with Crippen LogP contribution in [0.2, 0.25) is 0 Å². The summed E-state index contributed by atoms with van der Waals surface area (Å²) in [5.41, 5.74) is 2.69. The predicted octanol–water partition coefficient (Wildman–Crippen LogP) is 2.89. The number of benzene rings is 1. The first-order chi connectivity index (χ1) is 8.09. The van der Waals surface area contributed by atoms with Crippen LogP contribution in [-0.2, 0) is 6.18 Å². The van der Waals surface area contributed by atoms with Crippen LogP contribution >= 0.6 is 12.4 Å². The molecule has 0 amide bonds. The van der Waals surface area contributed by atoms with Crippen molar-refractivity contribution < 1.29 is 31.4 Å². The van der Waals surface area contributed by atoms with E-state index in [1.807, 2.05) is 0 Å². The van der Waals surface area contributed by atoms with Crippen LogP contribution in [0.15, 0.2) is 18.2 Å². The summed E-state index contributed by atoms with van der Waals surface area (Å²) in [4.78, 5) is 0. The van der Waals surface area contributed by atoms with Crippen LogP contribution < -0.4 is 5.73 Å². The van der Waals surface area contributed by atoms with Crippen molar-refractivity contribution in [1.82, 2.24) is 0 Å².